The molecule has 0 aliphatic carbocycles. The summed E-state index contributed by atoms with van der Waals surface area (Å²) in [5.74, 6) is 0.993. The van der Waals surface area contributed by atoms with E-state index in [0.29, 0.717) is 11.8 Å². The number of hydrogen-bond acceptors (Lipinski definition) is 4. The fourth-order valence-electron chi connectivity index (χ4n) is 4.60. The average molecular weight is 434 g/mol. The molecule has 0 N–H and O–H groups in total. The minimum atomic E-state index is 0.0740. The lowest BCUT2D eigenvalue weighted by Crippen LogP contribution is -2.37. The Morgan fingerprint density at radius 3 is 2.55 bits per heavy atom. The maximum atomic E-state index is 13.4. The monoisotopic (exact) mass is 434 g/mol. The molecule has 5 aromatic rings. The Kier molecular flexibility index (Phi) is 4.76. The molecule has 0 unspecified atom stereocenters. The number of fused-ring (bicyclic) bond motifs is 2. The number of para-hydroxylation sites is 2. The van der Waals surface area contributed by atoms with E-state index in [4.69, 9.17) is 4.42 Å². The predicted octanol–water partition coefficient (Wildman–Crippen LogP) is 5.34. The fraction of sp³-hybridized carbons (Fsp3) is 0.148. The highest BCUT2D eigenvalue weighted by molar-refractivity contribution is 5.98. The number of carbonyl (C=O) groups excluding carboxylic acids is 1. The molecule has 6 heteroatoms. The molecule has 6 rings (SSSR count). The summed E-state index contributed by atoms with van der Waals surface area (Å²) >= 11 is 0. The van der Waals surface area contributed by atoms with Crippen LogP contribution < -0.4 is 4.90 Å². The van der Waals surface area contributed by atoms with Crippen LogP contribution in [0, 0.1) is 0 Å². The number of hydrogen-bond donors (Lipinski definition) is 0. The van der Waals surface area contributed by atoms with E-state index in [2.05, 4.69) is 16.3 Å². The van der Waals surface area contributed by atoms with Crippen LogP contribution in [0.4, 0.5) is 5.69 Å². The molecule has 0 atom stereocenters. The van der Waals surface area contributed by atoms with E-state index in [1.807, 2.05) is 88.5 Å². The van der Waals surface area contributed by atoms with Gasteiger partial charge in [-0.15, -0.1) is 10.2 Å². The molecule has 1 aliphatic rings. The molecular formula is C27H22N4O2. The van der Waals surface area contributed by atoms with Gasteiger partial charge in [0, 0.05) is 34.9 Å². The molecule has 3 aromatic carbocycles. The highest BCUT2D eigenvalue weighted by Crippen LogP contribution is 2.32. The third-order valence-corrected chi connectivity index (χ3v) is 6.18. The number of rotatable bonds is 4. The smallest absolute Gasteiger partial charge is 0.250 e. The first kappa shape index (κ1) is 19.5. The zero-order chi connectivity index (χ0) is 22.2. The Labute approximate surface area is 191 Å². The summed E-state index contributed by atoms with van der Waals surface area (Å²) < 4.78 is 8.00. The summed E-state index contributed by atoms with van der Waals surface area (Å²) in [5, 5.41) is 9.52. The Morgan fingerprint density at radius 1 is 0.879 bits per heavy atom. The lowest BCUT2D eigenvalue weighted by molar-refractivity contribution is -0.119. The van der Waals surface area contributed by atoms with Crippen LogP contribution in [0.25, 0.3) is 33.8 Å². The molecule has 0 bridgehead atoms. The standard InChI is InChI=1S/C27H22N4O2/c32-25(31-16-8-12-19-9-4-6-14-23(19)31)18-30-17-22(21-13-5-7-15-24(21)30)27-29-28-26(33-27)20-10-2-1-3-11-20/h1-7,9-11,13-15,17H,8,12,16,18H2. The number of nitrogens with zero attached hydrogens (tertiary/aromatic N) is 4. The van der Waals surface area contributed by atoms with Gasteiger partial charge in [-0.05, 0) is 42.7 Å². The van der Waals surface area contributed by atoms with E-state index in [1.165, 1.54) is 5.56 Å². The second-order valence-corrected chi connectivity index (χ2v) is 8.24. The molecule has 2 aromatic heterocycles. The zero-order valence-corrected chi connectivity index (χ0v) is 18.0. The van der Waals surface area contributed by atoms with Crippen molar-refractivity contribution in [2.24, 2.45) is 0 Å². The molecule has 6 nitrogen and oxygen atoms in total. The highest BCUT2D eigenvalue weighted by atomic mass is 16.4. The quantitative estimate of drug-likeness (QED) is 0.383. The summed E-state index contributed by atoms with van der Waals surface area (Å²) in [6.45, 7) is 0.987. The molecule has 3 heterocycles. The molecule has 0 radical (unpaired) electrons. The summed E-state index contributed by atoms with van der Waals surface area (Å²) in [4.78, 5) is 15.3. The topological polar surface area (TPSA) is 64.2 Å². The van der Waals surface area contributed by atoms with Crippen LogP contribution in [0.5, 0.6) is 0 Å². The highest BCUT2D eigenvalue weighted by Gasteiger charge is 2.24. The first-order chi connectivity index (χ1) is 16.3. The maximum absolute atomic E-state index is 13.4. The van der Waals surface area contributed by atoms with Crippen LogP contribution in [0.15, 0.2) is 89.5 Å². The maximum Gasteiger partial charge on any atom is 0.250 e. The first-order valence-electron chi connectivity index (χ1n) is 11.1. The summed E-state index contributed by atoms with van der Waals surface area (Å²) in [6, 6.07) is 25.9. The third kappa shape index (κ3) is 3.49. The van der Waals surface area contributed by atoms with Crippen molar-refractivity contribution in [2.45, 2.75) is 19.4 Å². The number of carbonyl (C=O) groups is 1. The van der Waals surface area contributed by atoms with Crippen molar-refractivity contribution < 1.29 is 9.21 Å². The van der Waals surface area contributed by atoms with Gasteiger partial charge in [0.2, 0.25) is 17.7 Å². The number of anilines is 1. The number of aryl methyl sites for hydroxylation is 1. The molecular weight excluding hydrogens is 412 g/mol. The Morgan fingerprint density at radius 2 is 1.64 bits per heavy atom. The van der Waals surface area contributed by atoms with Crippen LogP contribution in [-0.4, -0.2) is 27.2 Å². The van der Waals surface area contributed by atoms with E-state index >= 15 is 0 Å². The molecule has 0 fully saturated rings. The van der Waals surface area contributed by atoms with E-state index < -0.39 is 0 Å². The number of benzene rings is 3. The van der Waals surface area contributed by atoms with Crippen LogP contribution >= 0.6 is 0 Å². The summed E-state index contributed by atoms with van der Waals surface area (Å²) in [5.41, 5.74) is 4.92. The predicted molar refractivity (Wildman–Crippen MR) is 128 cm³/mol. The van der Waals surface area contributed by atoms with Gasteiger partial charge < -0.3 is 13.9 Å². The average Bonchev–Trinajstić information content (AvgIpc) is 3.50. The SMILES string of the molecule is O=C(Cn1cc(-c2nnc(-c3ccccc3)o2)c2ccccc21)N1CCCc2ccccc21. The van der Waals surface area contributed by atoms with Gasteiger partial charge in [-0.2, -0.15) is 0 Å². The molecule has 1 amide bonds. The van der Waals surface area contributed by atoms with Crippen molar-refractivity contribution in [3.63, 3.8) is 0 Å². The Hall–Kier alpha value is -4.19. The second kappa shape index (κ2) is 8.06. The zero-order valence-electron chi connectivity index (χ0n) is 18.0. The second-order valence-electron chi connectivity index (χ2n) is 8.24. The number of amides is 1. The van der Waals surface area contributed by atoms with E-state index in [9.17, 15) is 4.79 Å². The van der Waals surface area contributed by atoms with E-state index in [0.717, 1.165) is 47.1 Å². The van der Waals surface area contributed by atoms with Gasteiger partial charge in [0.05, 0.1) is 5.56 Å². The van der Waals surface area contributed by atoms with Gasteiger partial charge in [0.25, 0.3) is 0 Å². The van der Waals surface area contributed by atoms with Crippen LogP contribution in [-0.2, 0) is 17.8 Å². The van der Waals surface area contributed by atoms with Crippen LogP contribution in [0.2, 0.25) is 0 Å². The van der Waals surface area contributed by atoms with Crippen LogP contribution in [0.1, 0.15) is 12.0 Å². The molecule has 0 saturated carbocycles. The van der Waals surface area contributed by atoms with Gasteiger partial charge in [-0.25, -0.2) is 0 Å². The summed E-state index contributed by atoms with van der Waals surface area (Å²) in [7, 11) is 0. The Balaban J connectivity index is 1.35. The molecule has 1 aliphatic heterocycles. The minimum Gasteiger partial charge on any atom is -0.416 e. The molecule has 0 spiro atoms. The van der Waals surface area contributed by atoms with Crippen LogP contribution in [0.3, 0.4) is 0 Å². The van der Waals surface area contributed by atoms with Gasteiger partial charge >= 0.3 is 0 Å². The van der Waals surface area contributed by atoms with E-state index in [1.54, 1.807) is 0 Å². The van der Waals surface area contributed by atoms with Crippen molar-refractivity contribution in [3.8, 4) is 22.9 Å². The molecule has 162 valence electrons. The van der Waals surface area contributed by atoms with Crippen molar-refractivity contribution in [3.05, 3.63) is 90.6 Å². The molecule has 0 saturated heterocycles. The van der Waals surface area contributed by atoms with Crippen molar-refractivity contribution in [1.29, 1.82) is 0 Å². The van der Waals surface area contributed by atoms with Crippen molar-refractivity contribution >= 4 is 22.5 Å². The molecule has 33 heavy (non-hydrogen) atoms. The van der Waals surface area contributed by atoms with Gasteiger partial charge in [0.15, 0.2) is 0 Å². The number of aromatic nitrogens is 3. The van der Waals surface area contributed by atoms with Gasteiger partial charge in [0.1, 0.15) is 6.54 Å². The third-order valence-electron chi connectivity index (χ3n) is 6.18. The lowest BCUT2D eigenvalue weighted by Gasteiger charge is -2.29. The summed E-state index contributed by atoms with van der Waals surface area (Å²) in [6.07, 6.45) is 3.93. The minimum absolute atomic E-state index is 0.0740. The van der Waals surface area contributed by atoms with Crippen molar-refractivity contribution in [2.75, 3.05) is 11.4 Å². The lowest BCUT2D eigenvalue weighted by atomic mass is 10.0. The van der Waals surface area contributed by atoms with E-state index in [-0.39, 0.29) is 12.5 Å². The Bertz CT molecular complexity index is 1450. The normalized spacial score (nSPS) is 13.3. The first-order valence-corrected chi connectivity index (χ1v) is 11.1. The fourth-order valence-corrected chi connectivity index (χ4v) is 4.60. The largest absolute Gasteiger partial charge is 0.416 e. The van der Waals surface area contributed by atoms with Gasteiger partial charge in [-0.3, -0.25) is 4.79 Å². The van der Waals surface area contributed by atoms with Crippen molar-refractivity contribution in [1.82, 2.24) is 14.8 Å². The van der Waals surface area contributed by atoms with Gasteiger partial charge in [-0.1, -0.05) is 54.6 Å².